The molecule has 2 N–H and O–H groups in total. The highest BCUT2D eigenvalue weighted by molar-refractivity contribution is 7.09. The number of nitrogens with one attached hydrogen (secondary N) is 2. The van der Waals surface area contributed by atoms with Crippen LogP contribution in [0.1, 0.15) is 17.0 Å². The lowest BCUT2D eigenvalue weighted by Crippen LogP contribution is -2.22. The summed E-state index contributed by atoms with van der Waals surface area (Å²) in [5, 5.41) is 6.56. The number of hydrogen-bond donors (Lipinski definition) is 2. The SMILES string of the molecule is COCCc1nsc(NCC(=O)Nc2c(C)cccc2C)n1. The van der Waals surface area contributed by atoms with Crippen LogP contribution < -0.4 is 10.6 Å². The smallest absolute Gasteiger partial charge is 0.243 e. The number of rotatable bonds is 7. The topological polar surface area (TPSA) is 76.1 Å². The highest BCUT2D eigenvalue weighted by Crippen LogP contribution is 2.19. The molecular weight excluding hydrogens is 300 g/mol. The number of carbonyl (C=O) groups excluding carboxylic acids is 1. The highest BCUT2D eigenvalue weighted by atomic mass is 32.1. The van der Waals surface area contributed by atoms with E-state index in [4.69, 9.17) is 4.74 Å². The minimum absolute atomic E-state index is 0.106. The number of nitrogens with zero attached hydrogens (tertiary/aromatic N) is 2. The average Bonchev–Trinajstić information content (AvgIpc) is 2.95. The van der Waals surface area contributed by atoms with Crippen molar-refractivity contribution < 1.29 is 9.53 Å². The molecule has 7 heteroatoms. The quantitative estimate of drug-likeness (QED) is 0.819. The Morgan fingerprint density at radius 1 is 1.32 bits per heavy atom. The van der Waals surface area contributed by atoms with Gasteiger partial charge in [0.15, 0.2) is 0 Å². The fourth-order valence-corrected chi connectivity index (χ4v) is 2.58. The molecule has 22 heavy (non-hydrogen) atoms. The summed E-state index contributed by atoms with van der Waals surface area (Å²) in [5.41, 5.74) is 2.96. The molecular formula is C15H20N4O2S. The average molecular weight is 320 g/mol. The molecule has 6 nitrogen and oxygen atoms in total. The second-order valence-corrected chi connectivity index (χ2v) is 5.68. The Hall–Kier alpha value is -1.99. The molecule has 0 aliphatic rings. The summed E-state index contributed by atoms with van der Waals surface area (Å²) < 4.78 is 9.18. The molecule has 0 atom stereocenters. The normalized spacial score (nSPS) is 10.5. The molecule has 2 rings (SSSR count). The summed E-state index contributed by atoms with van der Waals surface area (Å²) in [4.78, 5) is 16.3. The van der Waals surface area contributed by atoms with E-state index in [2.05, 4.69) is 20.0 Å². The molecule has 0 radical (unpaired) electrons. The Labute approximate surface area is 134 Å². The number of carbonyl (C=O) groups is 1. The second-order valence-electron chi connectivity index (χ2n) is 4.93. The van der Waals surface area contributed by atoms with Gasteiger partial charge in [0.05, 0.1) is 13.2 Å². The molecule has 2 aromatic rings. The van der Waals surface area contributed by atoms with Crippen molar-refractivity contribution in [2.75, 3.05) is 30.9 Å². The molecule has 1 heterocycles. The third-order valence-electron chi connectivity index (χ3n) is 3.14. The van der Waals surface area contributed by atoms with Gasteiger partial charge in [0, 0.05) is 30.8 Å². The molecule has 0 saturated heterocycles. The molecule has 0 bridgehead atoms. The first-order valence-electron chi connectivity index (χ1n) is 7.01. The number of para-hydroxylation sites is 1. The van der Waals surface area contributed by atoms with Crippen LogP contribution in [0.2, 0.25) is 0 Å². The summed E-state index contributed by atoms with van der Waals surface area (Å²) in [5.74, 6) is 0.621. The molecule has 0 fully saturated rings. The van der Waals surface area contributed by atoms with E-state index in [0.29, 0.717) is 18.2 Å². The van der Waals surface area contributed by atoms with Crippen LogP contribution in [0.25, 0.3) is 0 Å². The molecule has 0 aliphatic carbocycles. The van der Waals surface area contributed by atoms with Gasteiger partial charge in [-0.3, -0.25) is 4.79 Å². The van der Waals surface area contributed by atoms with E-state index in [-0.39, 0.29) is 12.5 Å². The first-order chi connectivity index (χ1) is 10.6. The highest BCUT2D eigenvalue weighted by Gasteiger charge is 2.09. The maximum Gasteiger partial charge on any atom is 0.243 e. The number of hydrogen-bond acceptors (Lipinski definition) is 6. The van der Waals surface area contributed by atoms with E-state index in [9.17, 15) is 4.79 Å². The zero-order valence-electron chi connectivity index (χ0n) is 13.0. The predicted octanol–water partition coefficient (Wildman–Crippen LogP) is 2.39. The number of anilines is 2. The van der Waals surface area contributed by atoms with E-state index in [1.165, 1.54) is 11.5 Å². The van der Waals surface area contributed by atoms with Crippen LogP contribution in [0.15, 0.2) is 18.2 Å². The lowest BCUT2D eigenvalue weighted by atomic mass is 10.1. The van der Waals surface area contributed by atoms with Crippen molar-refractivity contribution in [2.45, 2.75) is 20.3 Å². The van der Waals surface area contributed by atoms with Crippen molar-refractivity contribution in [2.24, 2.45) is 0 Å². The summed E-state index contributed by atoms with van der Waals surface area (Å²) in [6.07, 6.45) is 0.670. The zero-order valence-corrected chi connectivity index (χ0v) is 13.8. The minimum Gasteiger partial charge on any atom is -0.384 e. The number of methoxy groups -OCH3 is 1. The van der Waals surface area contributed by atoms with Gasteiger partial charge in [0.25, 0.3) is 0 Å². The van der Waals surface area contributed by atoms with Gasteiger partial charge >= 0.3 is 0 Å². The summed E-state index contributed by atoms with van der Waals surface area (Å²) in [7, 11) is 1.64. The van der Waals surface area contributed by atoms with Gasteiger partial charge < -0.3 is 15.4 Å². The van der Waals surface area contributed by atoms with Crippen molar-refractivity contribution in [1.82, 2.24) is 9.36 Å². The Morgan fingerprint density at radius 2 is 2.05 bits per heavy atom. The lowest BCUT2D eigenvalue weighted by molar-refractivity contribution is -0.114. The monoisotopic (exact) mass is 320 g/mol. The number of aryl methyl sites for hydroxylation is 2. The van der Waals surface area contributed by atoms with Crippen molar-refractivity contribution >= 4 is 28.3 Å². The fourth-order valence-electron chi connectivity index (χ4n) is 1.97. The van der Waals surface area contributed by atoms with Gasteiger partial charge in [-0.25, -0.2) is 4.98 Å². The predicted molar refractivity (Wildman–Crippen MR) is 88.5 cm³/mol. The number of aromatic nitrogens is 2. The van der Waals surface area contributed by atoms with Crippen LogP contribution in [0, 0.1) is 13.8 Å². The summed E-state index contributed by atoms with van der Waals surface area (Å²) in [6.45, 7) is 4.70. The Morgan fingerprint density at radius 3 is 2.73 bits per heavy atom. The van der Waals surface area contributed by atoms with E-state index >= 15 is 0 Å². The standard InChI is InChI=1S/C15H20N4O2S/c1-10-5-4-6-11(2)14(10)18-13(20)9-16-15-17-12(19-22-15)7-8-21-3/h4-6H,7-9H2,1-3H3,(H,18,20)(H,16,17,19). The van der Waals surface area contributed by atoms with Crippen LogP contribution in [0.4, 0.5) is 10.8 Å². The summed E-state index contributed by atoms with van der Waals surface area (Å²) in [6, 6.07) is 5.92. The number of amides is 1. The van der Waals surface area contributed by atoms with Gasteiger partial charge in [-0.2, -0.15) is 4.37 Å². The number of ether oxygens (including phenoxy) is 1. The first kappa shape index (κ1) is 16.4. The van der Waals surface area contributed by atoms with E-state index in [1.54, 1.807) is 7.11 Å². The molecule has 0 spiro atoms. The second kappa shape index (κ2) is 7.86. The fraction of sp³-hybridized carbons (Fsp3) is 0.400. The Bertz CT molecular complexity index is 622. The van der Waals surface area contributed by atoms with Crippen LogP contribution in [-0.2, 0) is 16.0 Å². The van der Waals surface area contributed by atoms with Gasteiger partial charge in [-0.05, 0) is 25.0 Å². The maximum atomic E-state index is 12.0. The van der Waals surface area contributed by atoms with Gasteiger partial charge in [-0.15, -0.1) is 0 Å². The Kier molecular flexibility index (Phi) is 5.85. The van der Waals surface area contributed by atoms with Crippen LogP contribution in [0.5, 0.6) is 0 Å². The van der Waals surface area contributed by atoms with Crippen molar-refractivity contribution in [3.8, 4) is 0 Å². The molecule has 0 unspecified atom stereocenters. The van der Waals surface area contributed by atoms with Crippen LogP contribution in [0.3, 0.4) is 0 Å². The molecule has 1 aromatic heterocycles. The Balaban J connectivity index is 1.86. The third-order valence-corrected chi connectivity index (χ3v) is 3.85. The van der Waals surface area contributed by atoms with E-state index in [1.807, 2.05) is 32.0 Å². The molecule has 1 amide bonds. The maximum absolute atomic E-state index is 12.0. The van der Waals surface area contributed by atoms with Crippen LogP contribution >= 0.6 is 11.5 Å². The molecule has 1 aromatic carbocycles. The van der Waals surface area contributed by atoms with Crippen molar-refractivity contribution in [1.29, 1.82) is 0 Å². The molecule has 0 aliphatic heterocycles. The van der Waals surface area contributed by atoms with E-state index < -0.39 is 0 Å². The third kappa shape index (κ3) is 4.51. The van der Waals surface area contributed by atoms with Crippen molar-refractivity contribution in [3.05, 3.63) is 35.2 Å². The minimum atomic E-state index is -0.106. The summed E-state index contributed by atoms with van der Waals surface area (Å²) >= 11 is 1.25. The van der Waals surface area contributed by atoms with Gasteiger partial charge in [0.1, 0.15) is 5.82 Å². The number of benzene rings is 1. The lowest BCUT2D eigenvalue weighted by Gasteiger charge is -2.11. The van der Waals surface area contributed by atoms with Crippen LogP contribution in [-0.4, -0.2) is 35.5 Å². The molecule has 118 valence electrons. The first-order valence-corrected chi connectivity index (χ1v) is 7.79. The van der Waals surface area contributed by atoms with Gasteiger partial charge in [0.2, 0.25) is 11.0 Å². The van der Waals surface area contributed by atoms with Crippen molar-refractivity contribution in [3.63, 3.8) is 0 Å². The molecule has 0 saturated carbocycles. The zero-order chi connectivity index (χ0) is 15.9. The largest absolute Gasteiger partial charge is 0.384 e. The van der Waals surface area contributed by atoms with Gasteiger partial charge in [-0.1, -0.05) is 18.2 Å². The van der Waals surface area contributed by atoms with E-state index in [0.717, 1.165) is 22.6 Å².